The molecule has 0 aliphatic rings. The van der Waals surface area contributed by atoms with Crippen LogP contribution in [0.3, 0.4) is 0 Å². The summed E-state index contributed by atoms with van der Waals surface area (Å²) in [6.07, 6.45) is 4.63. The van der Waals surface area contributed by atoms with Gasteiger partial charge in [0, 0.05) is 19.2 Å². The van der Waals surface area contributed by atoms with Gasteiger partial charge in [-0.25, -0.2) is 9.50 Å². The van der Waals surface area contributed by atoms with E-state index in [2.05, 4.69) is 31.3 Å². The molecule has 21 heavy (non-hydrogen) atoms. The van der Waals surface area contributed by atoms with Gasteiger partial charge in [0.1, 0.15) is 11.4 Å². The summed E-state index contributed by atoms with van der Waals surface area (Å²) in [6, 6.07) is 1.85. The van der Waals surface area contributed by atoms with Crippen molar-refractivity contribution in [1.29, 1.82) is 0 Å². The summed E-state index contributed by atoms with van der Waals surface area (Å²) < 4.78 is 7.79. The molecule has 7 heteroatoms. The summed E-state index contributed by atoms with van der Waals surface area (Å²) in [7, 11) is 0. The molecule has 0 aromatic carbocycles. The quantitative estimate of drug-likeness (QED) is 0.660. The van der Waals surface area contributed by atoms with E-state index < -0.39 is 5.60 Å². The van der Waals surface area contributed by atoms with Crippen molar-refractivity contribution in [3.8, 4) is 0 Å². The summed E-state index contributed by atoms with van der Waals surface area (Å²) >= 11 is 3.39. The lowest BCUT2D eigenvalue weighted by molar-refractivity contribution is -0.154. The lowest BCUT2D eigenvalue weighted by atomic mass is 10.2. The molecule has 0 radical (unpaired) electrons. The van der Waals surface area contributed by atoms with Gasteiger partial charge in [-0.2, -0.15) is 5.10 Å². The van der Waals surface area contributed by atoms with Crippen molar-refractivity contribution in [2.75, 3.05) is 11.9 Å². The lowest BCUT2D eigenvalue weighted by Gasteiger charge is -2.19. The van der Waals surface area contributed by atoms with E-state index in [1.54, 1.807) is 10.7 Å². The van der Waals surface area contributed by atoms with Gasteiger partial charge < -0.3 is 10.1 Å². The van der Waals surface area contributed by atoms with E-state index in [1.807, 2.05) is 33.0 Å². The number of carbonyl (C=O) groups excluding carboxylic acids is 1. The fourth-order valence-electron chi connectivity index (χ4n) is 1.78. The highest BCUT2D eigenvalue weighted by atomic mass is 79.9. The van der Waals surface area contributed by atoms with Crippen molar-refractivity contribution >= 4 is 33.4 Å². The number of halogens is 1. The van der Waals surface area contributed by atoms with Gasteiger partial charge in [-0.05, 0) is 49.2 Å². The van der Waals surface area contributed by atoms with Gasteiger partial charge in [0.05, 0.1) is 10.7 Å². The van der Waals surface area contributed by atoms with Gasteiger partial charge in [-0.3, -0.25) is 4.79 Å². The summed E-state index contributed by atoms with van der Waals surface area (Å²) in [5.74, 6) is 0.583. The maximum Gasteiger partial charge on any atom is 0.306 e. The molecule has 0 saturated heterocycles. The van der Waals surface area contributed by atoms with Crippen LogP contribution in [0.5, 0.6) is 0 Å². The fourth-order valence-corrected chi connectivity index (χ4v) is 2.14. The van der Waals surface area contributed by atoms with Crippen LogP contribution >= 0.6 is 15.9 Å². The topological polar surface area (TPSA) is 68.5 Å². The first-order valence-corrected chi connectivity index (χ1v) is 7.60. The zero-order chi connectivity index (χ0) is 15.5. The van der Waals surface area contributed by atoms with Crippen molar-refractivity contribution in [1.82, 2.24) is 14.6 Å². The molecule has 0 fully saturated rings. The summed E-state index contributed by atoms with van der Waals surface area (Å²) in [5, 5.41) is 7.32. The highest BCUT2D eigenvalue weighted by Crippen LogP contribution is 2.16. The number of fused-ring (bicyclic) bond motifs is 1. The number of nitrogens with zero attached hydrogens (tertiary/aromatic N) is 3. The molecule has 114 valence electrons. The van der Waals surface area contributed by atoms with Crippen LogP contribution in [0.15, 0.2) is 22.9 Å². The van der Waals surface area contributed by atoms with E-state index in [0.29, 0.717) is 19.4 Å². The number of aromatic nitrogens is 3. The van der Waals surface area contributed by atoms with Gasteiger partial charge in [-0.15, -0.1) is 0 Å². The normalized spacial score (nSPS) is 11.6. The van der Waals surface area contributed by atoms with E-state index in [9.17, 15) is 4.79 Å². The highest BCUT2D eigenvalue weighted by molar-refractivity contribution is 9.10. The van der Waals surface area contributed by atoms with Gasteiger partial charge in [0.2, 0.25) is 0 Å². The van der Waals surface area contributed by atoms with Crippen LogP contribution in [-0.4, -0.2) is 32.7 Å². The minimum atomic E-state index is -0.425. The SMILES string of the molecule is CC(C)(C)OC(=O)CCCNc1ccn2ncc(Br)c2n1. The average Bonchev–Trinajstić information content (AvgIpc) is 2.74. The molecule has 0 aliphatic carbocycles. The average molecular weight is 355 g/mol. The highest BCUT2D eigenvalue weighted by Gasteiger charge is 2.15. The molecule has 2 aromatic heterocycles. The third-order valence-corrected chi connectivity index (χ3v) is 3.17. The molecule has 2 aromatic rings. The minimum Gasteiger partial charge on any atom is -0.460 e. The Morgan fingerprint density at radius 2 is 2.24 bits per heavy atom. The molecule has 2 rings (SSSR count). The number of anilines is 1. The van der Waals surface area contributed by atoms with Gasteiger partial charge in [-0.1, -0.05) is 0 Å². The van der Waals surface area contributed by atoms with Crippen molar-refractivity contribution in [2.24, 2.45) is 0 Å². The Morgan fingerprint density at radius 3 is 2.95 bits per heavy atom. The molecule has 6 nitrogen and oxygen atoms in total. The molecule has 0 saturated carbocycles. The first kappa shape index (κ1) is 15.8. The van der Waals surface area contributed by atoms with Crippen LogP contribution in [0.1, 0.15) is 33.6 Å². The fraction of sp³-hybridized carbons (Fsp3) is 0.500. The van der Waals surface area contributed by atoms with E-state index in [1.165, 1.54) is 0 Å². The van der Waals surface area contributed by atoms with E-state index in [4.69, 9.17) is 4.74 Å². The summed E-state index contributed by atoms with van der Waals surface area (Å²) in [5.41, 5.74) is 0.331. The smallest absolute Gasteiger partial charge is 0.306 e. The Kier molecular flexibility index (Phi) is 4.82. The zero-order valence-electron chi connectivity index (χ0n) is 12.4. The molecule has 0 spiro atoms. The Morgan fingerprint density at radius 1 is 1.48 bits per heavy atom. The van der Waals surface area contributed by atoms with Gasteiger partial charge in [0.15, 0.2) is 5.65 Å². The van der Waals surface area contributed by atoms with Crippen LogP contribution in [0, 0.1) is 0 Å². The Hall–Kier alpha value is -1.63. The standard InChI is InChI=1S/C14H19BrN4O2/c1-14(2,3)21-12(20)5-4-7-16-11-6-8-19-13(18-11)10(15)9-17-19/h6,8-9H,4-5,7H2,1-3H3,(H,16,18). The molecular formula is C14H19BrN4O2. The number of hydrogen-bond acceptors (Lipinski definition) is 5. The minimum absolute atomic E-state index is 0.175. The molecule has 0 aliphatic heterocycles. The molecule has 0 amide bonds. The van der Waals surface area contributed by atoms with Crippen molar-refractivity contribution in [2.45, 2.75) is 39.2 Å². The maximum absolute atomic E-state index is 11.6. The van der Waals surface area contributed by atoms with E-state index >= 15 is 0 Å². The Bertz CT molecular complexity index is 633. The number of nitrogens with one attached hydrogen (secondary N) is 1. The van der Waals surface area contributed by atoms with Crippen molar-refractivity contribution < 1.29 is 9.53 Å². The zero-order valence-corrected chi connectivity index (χ0v) is 14.0. The first-order valence-electron chi connectivity index (χ1n) is 6.81. The number of esters is 1. The van der Waals surface area contributed by atoms with Gasteiger partial charge in [0.25, 0.3) is 0 Å². The Balaban J connectivity index is 1.80. The monoisotopic (exact) mass is 354 g/mol. The predicted octanol–water partition coefficient (Wildman–Crippen LogP) is 3.03. The van der Waals surface area contributed by atoms with Crippen molar-refractivity contribution in [3.05, 3.63) is 22.9 Å². The van der Waals surface area contributed by atoms with Crippen LogP contribution in [0.2, 0.25) is 0 Å². The van der Waals surface area contributed by atoms with E-state index in [0.717, 1.165) is 15.9 Å². The van der Waals surface area contributed by atoms with Crippen LogP contribution in [-0.2, 0) is 9.53 Å². The number of carbonyl (C=O) groups is 1. The Labute approximate surface area is 132 Å². The third kappa shape index (κ3) is 4.70. The second-order valence-corrected chi connectivity index (χ2v) is 6.54. The lowest BCUT2D eigenvalue weighted by Crippen LogP contribution is -2.24. The largest absolute Gasteiger partial charge is 0.460 e. The van der Waals surface area contributed by atoms with Gasteiger partial charge >= 0.3 is 5.97 Å². The first-order chi connectivity index (χ1) is 9.85. The van der Waals surface area contributed by atoms with Crippen LogP contribution in [0.4, 0.5) is 5.82 Å². The predicted molar refractivity (Wildman–Crippen MR) is 84.3 cm³/mol. The summed E-state index contributed by atoms with van der Waals surface area (Å²) in [4.78, 5) is 16.0. The summed E-state index contributed by atoms with van der Waals surface area (Å²) in [6.45, 7) is 6.26. The number of hydrogen-bond donors (Lipinski definition) is 1. The van der Waals surface area contributed by atoms with E-state index in [-0.39, 0.29) is 5.97 Å². The maximum atomic E-state index is 11.6. The second-order valence-electron chi connectivity index (χ2n) is 5.69. The van der Waals surface area contributed by atoms with Crippen molar-refractivity contribution in [3.63, 3.8) is 0 Å². The molecule has 2 heterocycles. The van der Waals surface area contributed by atoms with Crippen LogP contribution < -0.4 is 5.32 Å². The molecule has 0 atom stereocenters. The molecular weight excluding hydrogens is 336 g/mol. The molecule has 1 N–H and O–H groups in total. The number of rotatable bonds is 5. The third-order valence-electron chi connectivity index (χ3n) is 2.61. The second kappa shape index (κ2) is 6.43. The molecule has 0 unspecified atom stereocenters. The number of ether oxygens (including phenoxy) is 1. The van der Waals surface area contributed by atoms with Crippen LogP contribution in [0.25, 0.3) is 5.65 Å². The molecule has 0 bridgehead atoms.